The molecule has 0 atom stereocenters. The molecule has 0 aliphatic carbocycles. The molecule has 128 valence electrons. The summed E-state index contributed by atoms with van der Waals surface area (Å²) in [5.41, 5.74) is 0.572. The van der Waals surface area contributed by atoms with Crippen LogP contribution in [0, 0.1) is 11.7 Å². The van der Waals surface area contributed by atoms with Crippen molar-refractivity contribution in [2.24, 2.45) is 5.92 Å². The Morgan fingerprint density at radius 1 is 1.26 bits per heavy atom. The Morgan fingerprint density at radius 2 is 1.87 bits per heavy atom. The van der Waals surface area contributed by atoms with Gasteiger partial charge in [-0.3, -0.25) is 4.79 Å². The van der Waals surface area contributed by atoms with E-state index in [1.807, 2.05) is 0 Å². The maximum absolute atomic E-state index is 12.9. The number of rotatable bonds is 6. The number of piperidine rings is 1. The fourth-order valence-corrected chi connectivity index (χ4v) is 4.24. The number of halogens is 2. The summed E-state index contributed by atoms with van der Waals surface area (Å²) in [5, 5.41) is 2.73. The first-order valence-corrected chi connectivity index (χ1v) is 9.60. The summed E-state index contributed by atoms with van der Waals surface area (Å²) >= 11 is 5.42. The van der Waals surface area contributed by atoms with Crippen molar-refractivity contribution < 1.29 is 17.6 Å². The van der Waals surface area contributed by atoms with Crippen molar-refractivity contribution in [3.05, 3.63) is 35.6 Å². The smallest absolute Gasteiger partial charge is 0.234 e. The van der Waals surface area contributed by atoms with E-state index in [2.05, 4.69) is 5.32 Å². The number of carbonyl (C=O) groups excluding carboxylic acids is 1. The fraction of sp³-hybridized carbons (Fsp3) is 0.533. The van der Waals surface area contributed by atoms with E-state index in [1.54, 1.807) is 0 Å². The normalized spacial score (nSPS) is 17.1. The highest BCUT2D eigenvalue weighted by Crippen LogP contribution is 2.21. The van der Waals surface area contributed by atoms with Crippen molar-refractivity contribution in [3.63, 3.8) is 0 Å². The summed E-state index contributed by atoms with van der Waals surface area (Å²) in [6, 6.07) is 5.50. The Balaban J connectivity index is 1.85. The Bertz CT molecular complexity index is 629. The van der Waals surface area contributed by atoms with Gasteiger partial charge in [-0.2, -0.15) is 0 Å². The molecule has 8 heteroatoms. The van der Waals surface area contributed by atoms with E-state index in [0.717, 1.165) is 0 Å². The number of nitrogens with one attached hydrogen (secondary N) is 1. The lowest BCUT2D eigenvalue weighted by atomic mass is 9.98. The van der Waals surface area contributed by atoms with Crippen LogP contribution in [0.4, 0.5) is 4.39 Å². The lowest BCUT2D eigenvalue weighted by Gasteiger charge is -2.31. The molecule has 1 fully saturated rings. The molecule has 23 heavy (non-hydrogen) atoms. The molecule has 1 amide bonds. The quantitative estimate of drug-likeness (QED) is 0.784. The second-order valence-corrected chi connectivity index (χ2v) is 7.90. The second-order valence-electron chi connectivity index (χ2n) is 5.66. The van der Waals surface area contributed by atoms with Gasteiger partial charge in [0, 0.05) is 19.6 Å². The number of alkyl halides is 1. The molecule has 0 unspecified atom stereocenters. The zero-order valence-corrected chi connectivity index (χ0v) is 14.2. The summed E-state index contributed by atoms with van der Waals surface area (Å²) < 4.78 is 39.2. The molecule has 0 aromatic heterocycles. The summed E-state index contributed by atoms with van der Waals surface area (Å²) in [7, 11) is -3.41. The van der Waals surface area contributed by atoms with Crippen LogP contribution in [0.1, 0.15) is 18.4 Å². The first-order valence-electron chi connectivity index (χ1n) is 7.45. The SMILES string of the molecule is O=C(CCl)NCC1CCN(S(=O)(=O)Cc2ccc(F)cc2)CC1. The predicted molar refractivity (Wildman–Crippen MR) is 87.1 cm³/mol. The molecule has 1 aromatic rings. The van der Waals surface area contributed by atoms with Crippen LogP contribution >= 0.6 is 11.6 Å². The van der Waals surface area contributed by atoms with Crippen molar-refractivity contribution in [1.29, 1.82) is 0 Å². The number of nitrogens with zero attached hydrogens (tertiary/aromatic N) is 1. The van der Waals surface area contributed by atoms with Crippen LogP contribution < -0.4 is 5.32 Å². The molecule has 0 saturated carbocycles. The van der Waals surface area contributed by atoms with Crippen molar-refractivity contribution >= 4 is 27.5 Å². The van der Waals surface area contributed by atoms with Crippen LogP contribution in [0.5, 0.6) is 0 Å². The minimum atomic E-state index is -3.41. The van der Waals surface area contributed by atoms with Crippen molar-refractivity contribution in [1.82, 2.24) is 9.62 Å². The van der Waals surface area contributed by atoms with Gasteiger partial charge in [-0.1, -0.05) is 12.1 Å². The lowest BCUT2D eigenvalue weighted by molar-refractivity contribution is -0.118. The number of sulfonamides is 1. The van der Waals surface area contributed by atoms with Crippen LogP contribution in [0.15, 0.2) is 24.3 Å². The minimum absolute atomic E-state index is 0.0646. The van der Waals surface area contributed by atoms with Crippen LogP contribution in [0.3, 0.4) is 0 Å². The highest BCUT2D eigenvalue weighted by atomic mass is 35.5. The third-order valence-corrected chi connectivity index (χ3v) is 6.03. The highest BCUT2D eigenvalue weighted by Gasteiger charge is 2.28. The van der Waals surface area contributed by atoms with Gasteiger partial charge < -0.3 is 5.32 Å². The molecular weight excluding hydrogens is 343 g/mol. The summed E-state index contributed by atoms with van der Waals surface area (Å²) in [6.07, 6.45) is 1.40. The standard InChI is InChI=1S/C15H20ClFN2O3S/c16-9-15(20)18-10-12-5-7-19(8-6-12)23(21,22)11-13-1-3-14(17)4-2-13/h1-4,12H,5-11H2,(H,18,20). The average Bonchev–Trinajstić information content (AvgIpc) is 2.55. The van der Waals surface area contributed by atoms with Gasteiger partial charge in [0.25, 0.3) is 0 Å². The van der Waals surface area contributed by atoms with E-state index < -0.39 is 10.0 Å². The predicted octanol–water partition coefficient (Wildman–Crippen LogP) is 1.72. The molecule has 1 heterocycles. The van der Waals surface area contributed by atoms with Gasteiger partial charge in [0.2, 0.25) is 15.9 Å². The van der Waals surface area contributed by atoms with Crippen LogP contribution in [0.2, 0.25) is 0 Å². The third kappa shape index (κ3) is 5.44. The minimum Gasteiger partial charge on any atom is -0.355 e. The topological polar surface area (TPSA) is 66.5 Å². The fourth-order valence-electron chi connectivity index (χ4n) is 2.58. The lowest BCUT2D eigenvalue weighted by Crippen LogP contribution is -2.42. The maximum atomic E-state index is 12.9. The maximum Gasteiger partial charge on any atom is 0.234 e. The van der Waals surface area contributed by atoms with Crippen molar-refractivity contribution in [2.75, 3.05) is 25.5 Å². The van der Waals surface area contributed by atoms with E-state index in [0.29, 0.717) is 38.0 Å². The Hall–Kier alpha value is -1.18. The van der Waals surface area contributed by atoms with Crippen LogP contribution in [-0.4, -0.2) is 44.1 Å². The van der Waals surface area contributed by atoms with E-state index in [-0.39, 0.29) is 29.3 Å². The molecule has 0 spiro atoms. The van der Waals surface area contributed by atoms with Gasteiger partial charge in [0.1, 0.15) is 11.7 Å². The molecule has 1 aliphatic heterocycles. The molecule has 1 N–H and O–H groups in total. The molecule has 1 aliphatic rings. The first kappa shape index (κ1) is 18.2. The number of benzene rings is 1. The van der Waals surface area contributed by atoms with E-state index in [1.165, 1.54) is 28.6 Å². The van der Waals surface area contributed by atoms with Gasteiger partial charge in [0.05, 0.1) is 5.75 Å². The van der Waals surface area contributed by atoms with Crippen LogP contribution in [-0.2, 0) is 20.6 Å². The van der Waals surface area contributed by atoms with Gasteiger partial charge in [-0.15, -0.1) is 11.6 Å². The summed E-state index contributed by atoms with van der Waals surface area (Å²) in [6.45, 7) is 1.40. The average molecular weight is 363 g/mol. The van der Waals surface area contributed by atoms with Gasteiger partial charge in [-0.05, 0) is 36.5 Å². The van der Waals surface area contributed by atoms with E-state index in [9.17, 15) is 17.6 Å². The number of hydrogen-bond acceptors (Lipinski definition) is 3. The van der Waals surface area contributed by atoms with Crippen LogP contribution in [0.25, 0.3) is 0 Å². The third-order valence-electron chi connectivity index (χ3n) is 3.94. The molecule has 1 saturated heterocycles. The zero-order chi connectivity index (χ0) is 16.9. The van der Waals surface area contributed by atoms with E-state index in [4.69, 9.17) is 11.6 Å². The molecular formula is C15H20ClFN2O3S. The highest BCUT2D eigenvalue weighted by molar-refractivity contribution is 7.88. The molecule has 5 nitrogen and oxygen atoms in total. The molecule has 0 radical (unpaired) electrons. The van der Waals surface area contributed by atoms with Crippen molar-refractivity contribution in [2.45, 2.75) is 18.6 Å². The molecule has 2 rings (SSSR count). The summed E-state index contributed by atoms with van der Waals surface area (Å²) in [5.74, 6) is -0.519. The Morgan fingerprint density at radius 3 is 2.43 bits per heavy atom. The Labute approximate surface area is 140 Å². The number of carbonyl (C=O) groups is 1. The molecule has 1 aromatic carbocycles. The molecule has 0 bridgehead atoms. The number of amides is 1. The van der Waals surface area contributed by atoms with Crippen molar-refractivity contribution in [3.8, 4) is 0 Å². The monoisotopic (exact) mass is 362 g/mol. The Kier molecular flexibility index (Phi) is 6.38. The second kappa shape index (κ2) is 8.08. The van der Waals surface area contributed by atoms with Gasteiger partial charge >= 0.3 is 0 Å². The van der Waals surface area contributed by atoms with Gasteiger partial charge in [0.15, 0.2) is 0 Å². The number of hydrogen-bond donors (Lipinski definition) is 1. The zero-order valence-electron chi connectivity index (χ0n) is 12.7. The van der Waals surface area contributed by atoms with Gasteiger partial charge in [-0.25, -0.2) is 17.1 Å². The first-order chi connectivity index (χ1) is 10.9. The van der Waals surface area contributed by atoms with E-state index >= 15 is 0 Å². The largest absolute Gasteiger partial charge is 0.355 e. The summed E-state index contributed by atoms with van der Waals surface area (Å²) in [4.78, 5) is 11.1.